The highest BCUT2D eigenvalue weighted by Gasteiger charge is 2.19. The second kappa shape index (κ2) is 5.37. The molecule has 0 bridgehead atoms. The third-order valence-corrected chi connectivity index (χ3v) is 3.84. The molecule has 0 saturated carbocycles. The van der Waals surface area contributed by atoms with E-state index in [-0.39, 0.29) is 6.04 Å². The highest BCUT2D eigenvalue weighted by molar-refractivity contribution is 5.78. The number of nitrogens with zero attached hydrogens (tertiary/aromatic N) is 2. The molecule has 2 aromatic heterocycles. The van der Waals surface area contributed by atoms with Crippen molar-refractivity contribution in [1.29, 1.82) is 0 Å². The molecule has 0 spiro atoms. The molecular weight excluding hydrogens is 262 g/mol. The topological polar surface area (TPSA) is 57.0 Å². The van der Waals surface area contributed by atoms with Gasteiger partial charge in [0.1, 0.15) is 17.4 Å². The van der Waals surface area contributed by atoms with Crippen molar-refractivity contribution in [1.82, 2.24) is 9.78 Å². The van der Waals surface area contributed by atoms with Crippen molar-refractivity contribution >= 4 is 11.0 Å². The molecule has 3 aromatic rings. The summed E-state index contributed by atoms with van der Waals surface area (Å²) < 4.78 is 7.88. The van der Waals surface area contributed by atoms with Crippen LogP contribution in [0, 0.1) is 6.92 Å². The second-order valence-electron chi connectivity index (χ2n) is 5.40. The maximum atomic E-state index is 6.41. The number of hydrogen-bond donors (Lipinski definition) is 1. The normalized spacial score (nSPS) is 13.0. The summed E-state index contributed by atoms with van der Waals surface area (Å²) in [5.41, 5.74) is 10.6. The number of benzene rings is 1. The summed E-state index contributed by atoms with van der Waals surface area (Å²) in [6, 6.07) is 9.98. The van der Waals surface area contributed by atoms with E-state index in [4.69, 9.17) is 10.2 Å². The van der Waals surface area contributed by atoms with E-state index in [2.05, 4.69) is 38.0 Å². The molecule has 1 aromatic carbocycles. The molecule has 110 valence electrons. The molecule has 0 saturated heterocycles. The first-order chi connectivity index (χ1) is 10.1. The van der Waals surface area contributed by atoms with Crippen LogP contribution in [0.4, 0.5) is 0 Å². The van der Waals surface area contributed by atoms with Gasteiger partial charge in [-0.3, -0.25) is 4.68 Å². The Balaban J connectivity index is 2.03. The lowest BCUT2D eigenvalue weighted by Gasteiger charge is -2.10. The number of furan rings is 1. The Morgan fingerprint density at radius 2 is 2.05 bits per heavy atom. The number of aryl methyl sites for hydroxylation is 3. The Morgan fingerprint density at radius 3 is 2.76 bits per heavy atom. The molecule has 0 fully saturated rings. The smallest absolute Gasteiger partial charge is 0.134 e. The Kier molecular flexibility index (Phi) is 3.55. The van der Waals surface area contributed by atoms with E-state index in [0.29, 0.717) is 0 Å². The molecule has 4 heteroatoms. The third kappa shape index (κ3) is 2.47. The van der Waals surface area contributed by atoms with Crippen molar-refractivity contribution in [2.24, 2.45) is 5.73 Å². The average molecular weight is 283 g/mol. The lowest BCUT2D eigenvalue weighted by molar-refractivity contribution is 0.500. The van der Waals surface area contributed by atoms with Gasteiger partial charge in [-0.25, -0.2) is 0 Å². The van der Waals surface area contributed by atoms with Crippen molar-refractivity contribution in [3.05, 3.63) is 53.0 Å². The maximum Gasteiger partial charge on any atom is 0.134 e. The number of aromatic nitrogens is 2. The second-order valence-corrected chi connectivity index (χ2v) is 5.40. The van der Waals surface area contributed by atoms with Gasteiger partial charge >= 0.3 is 0 Å². The van der Waals surface area contributed by atoms with E-state index in [1.54, 1.807) is 0 Å². The van der Waals surface area contributed by atoms with Gasteiger partial charge in [0, 0.05) is 11.9 Å². The fourth-order valence-corrected chi connectivity index (χ4v) is 2.65. The molecule has 0 aliphatic carbocycles. The quantitative estimate of drug-likeness (QED) is 0.796. The summed E-state index contributed by atoms with van der Waals surface area (Å²) in [6.07, 6.45) is 0.909. The molecule has 0 radical (unpaired) electrons. The molecule has 1 atom stereocenters. The van der Waals surface area contributed by atoms with Crippen molar-refractivity contribution < 1.29 is 4.42 Å². The zero-order valence-electron chi connectivity index (χ0n) is 12.8. The Labute approximate surface area is 124 Å². The van der Waals surface area contributed by atoms with Gasteiger partial charge in [0.05, 0.1) is 11.4 Å². The van der Waals surface area contributed by atoms with Crippen LogP contribution >= 0.6 is 0 Å². The van der Waals surface area contributed by atoms with Crippen molar-refractivity contribution in [2.45, 2.75) is 39.8 Å². The Hall–Kier alpha value is -2.07. The maximum absolute atomic E-state index is 6.41. The zero-order valence-corrected chi connectivity index (χ0v) is 12.8. The van der Waals surface area contributed by atoms with Crippen LogP contribution in [0.3, 0.4) is 0 Å². The van der Waals surface area contributed by atoms with E-state index in [9.17, 15) is 0 Å². The summed E-state index contributed by atoms with van der Waals surface area (Å²) >= 11 is 0. The van der Waals surface area contributed by atoms with Crippen LogP contribution in [0.25, 0.3) is 11.0 Å². The highest BCUT2D eigenvalue weighted by atomic mass is 16.3. The Morgan fingerprint density at radius 1 is 1.24 bits per heavy atom. The molecule has 3 rings (SSSR count). The van der Waals surface area contributed by atoms with E-state index in [0.717, 1.165) is 41.1 Å². The molecule has 0 amide bonds. The fraction of sp³-hybridized carbons (Fsp3) is 0.353. The van der Waals surface area contributed by atoms with Gasteiger partial charge in [0.2, 0.25) is 0 Å². The van der Waals surface area contributed by atoms with Gasteiger partial charge in [0.15, 0.2) is 0 Å². The summed E-state index contributed by atoms with van der Waals surface area (Å²) in [7, 11) is 0. The lowest BCUT2D eigenvalue weighted by Crippen LogP contribution is -2.16. The zero-order chi connectivity index (χ0) is 15.0. The highest BCUT2D eigenvalue weighted by Crippen LogP contribution is 2.28. The molecule has 0 aliphatic heterocycles. The number of rotatable bonds is 4. The van der Waals surface area contributed by atoms with Gasteiger partial charge in [-0.05, 0) is 44.5 Å². The molecule has 2 heterocycles. The SMILES string of the molecule is CCc1cc(C(N)c2cc3cc(C)ccc3o2)n(CC)n1. The fourth-order valence-electron chi connectivity index (χ4n) is 2.65. The van der Waals surface area contributed by atoms with Crippen LogP contribution in [-0.2, 0) is 13.0 Å². The summed E-state index contributed by atoms with van der Waals surface area (Å²) in [4.78, 5) is 0. The van der Waals surface area contributed by atoms with Crippen LogP contribution in [0.1, 0.15) is 42.6 Å². The van der Waals surface area contributed by atoms with E-state index in [1.807, 2.05) is 22.9 Å². The summed E-state index contributed by atoms with van der Waals surface area (Å²) in [6.45, 7) is 7.06. The Bertz CT molecular complexity index is 770. The van der Waals surface area contributed by atoms with Crippen LogP contribution in [-0.4, -0.2) is 9.78 Å². The van der Waals surface area contributed by atoms with Gasteiger partial charge in [-0.15, -0.1) is 0 Å². The average Bonchev–Trinajstić information content (AvgIpc) is 3.09. The van der Waals surface area contributed by atoms with Gasteiger partial charge in [-0.1, -0.05) is 18.6 Å². The lowest BCUT2D eigenvalue weighted by atomic mass is 10.1. The minimum Gasteiger partial charge on any atom is -0.459 e. The number of hydrogen-bond acceptors (Lipinski definition) is 3. The minimum absolute atomic E-state index is 0.287. The predicted octanol–water partition coefficient (Wildman–Crippen LogP) is 3.57. The summed E-state index contributed by atoms with van der Waals surface area (Å²) in [5, 5.41) is 5.65. The largest absolute Gasteiger partial charge is 0.459 e. The first kappa shape index (κ1) is 13.9. The van der Waals surface area contributed by atoms with Crippen LogP contribution in [0.15, 0.2) is 34.7 Å². The number of nitrogens with two attached hydrogens (primary N) is 1. The summed E-state index contributed by atoms with van der Waals surface area (Å²) in [5.74, 6) is 0.785. The van der Waals surface area contributed by atoms with E-state index >= 15 is 0 Å². The number of fused-ring (bicyclic) bond motifs is 1. The van der Waals surface area contributed by atoms with Crippen LogP contribution < -0.4 is 5.73 Å². The molecule has 1 unspecified atom stereocenters. The molecule has 2 N–H and O–H groups in total. The minimum atomic E-state index is -0.287. The molecule has 4 nitrogen and oxygen atoms in total. The molecule has 21 heavy (non-hydrogen) atoms. The predicted molar refractivity (Wildman–Crippen MR) is 84.3 cm³/mol. The molecular formula is C17H21N3O. The van der Waals surface area contributed by atoms with Crippen molar-refractivity contribution in [3.63, 3.8) is 0 Å². The van der Waals surface area contributed by atoms with Gasteiger partial charge < -0.3 is 10.2 Å². The first-order valence-electron chi connectivity index (χ1n) is 7.44. The standard InChI is InChI=1S/C17H21N3O/c1-4-13-10-14(20(5-2)19-13)17(18)16-9-12-8-11(3)6-7-15(12)21-16/h6-10,17H,4-5,18H2,1-3H3. The van der Waals surface area contributed by atoms with E-state index < -0.39 is 0 Å². The van der Waals surface area contributed by atoms with Gasteiger partial charge in [-0.2, -0.15) is 5.10 Å². The monoisotopic (exact) mass is 283 g/mol. The third-order valence-electron chi connectivity index (χ3n) is 3.84. The van der Waals surface area contributed by atoms with Crippen molar-refractivity contribution in [2.75, 3.05) is 0 Å². The molecule has 0 aliphatic rings. The first-order valence-corrected chi connectivity index (χ1v) is 7.44. The van der Waals surface area contributed by atoms with Crippen LogP contribution in [0.2, 0.25) is 0 Å². The van der Waals surface area contributed by atoms with E-state index in [1.165, 1.54) is 5.56 Å². The van der Waals surface area contributed by atoms with Gasteiger partial charge in [0.25, 0.3) is 0 Å². The van der Waals surface area contributed by atoms with Crippen LogP contribution in [0.5, 0.6) is 0 Å². The van der Waals surface area contributed by atoms with Crippen molar-refractivity contribution in [3.8, 4) is 0 Å².